The van der Waals surface area contributed by atoms with Gasteiger partial charge in [-0.25, -0.2) is 4.99 Å². The van der Waals surface area contributed by atoms with Gasteiger partial charge in [0, 0.05) is 28.3 Å². The number of fused-ring (bicyclic) bond motifs is 1. The normalized spacial score (nSPS) is 16.3. The van der Waals surface area contributed by atoms with Crippen LogP contribution in [0, 0.1) is 20.8 Å². The fourth-order valence-corrected chi connectivity index (χ4v) is 6.10. The molecule has 0 saturated heterocycles. The maximum absolute atomic E-state index is 10.4. The molecule has 0 amide bonds. The van der Waals surface area contributed by atoms with E-state index < -0.39 is 0 Å². The van der Waals surface area contributed by atoms with Gasteiger partial charge in [-0.2, -0.15) is 0 Å². The van der Waals surface area contributed by atoms with E-state index in [0.717, 1.165) is 74.9 Å². The van der Waals surface area contributed by atoms with Crippen LogP contribution in [-0.2, 0) is 12.8 Å². The van der Waals surface area contributed by atoms with Gasteiger partial charge in [-0.1, -0.05) is 24.4 Å². The SMILES string of the molecule is Cc1c(C)c2c(c(C)c1O)CCC(C)(CCSc1ccc(NC(=S)Cc3ccc(N=C(N)N)cc3)cc1)O2. The van der Waals surface area contributed by atoms with Gasteiger partial charge in [0.1, 0.15) is 17.1 Å². The number of nitrogens with one attached hydrogen (secondary N) is 1. The number of benzene rings is 3. The van der Waals surface area contributed by atoms with Gasteiger partial charge in [0.2, 0.25) is 0 Å². The molecule has 6 nitrogen and oxygen atoms in total. The largest absolute Gasteiger partial charge is 0.507 e. The molecule has 0 spiro atoms. The Kier molecular flexibility index (Phi) is 8.53. The van der Waals surface area contributed by atoms with Gasteiger partial charge in [-0.05, 0) is 106 Å². The van der Waals surface area contributed by atoms with E-state index in [1.807, 2.05) is 56.8 Å². The molecule has 0 bridgehead atoms. The van der Waals surface area contributed by atoms with Crippen molar-refractivity contribution in [3.63, 3.8) is 0 Å². The Bertz CT molecular complexity index is 1350. The van der Waals surface area contributed by atoms with Crippen LogP contribution in [-0.4, -0.2) is 27.4 Å². The molecule has 0 aliphatic carbocycles. The van der Waals surface area contributed by atoms with E-state index in [1.54, 1.807) is 0 Å². The van der Waals surface area contributed by atoms with Crippen molar-refractivity contribution in [1.29, 1.82) is 0 Å². The lowest BCUT2D eigenvalue weighted by Crippen LogP contribution is -2.37. The first-order valence-electron chi connectivity index (χ1n) is 12.8. The number of hydrogen-bond donors (Lipinski definition) is 4. The minimum atomic E-state index is -0.213. The second kappa shape index (κ2) is 11.7. The zero-order chi connectivity index (χ0) is 27.4. The topological polar surface area (TPSA) is 106 Å². The van der Waals surface area contributed by atoms with Crippen LogP contribution in [0.1, 0.15) is 47.6 Å². The molecule has 4 rings (SSSR count). The number of phenolic OH excluding ortho intramolecular Hbond substituents is 1. The highest BCUT2D eigenvalue weighted by Crippen LogP contribution is 2.44. The number of aliphatic imine (C=N–C) groups is 1. The molecule has 38 heavy (non-hydrogen) atoms. The van der Waals surface area contributed by atoms with E-state index in [2.05, 4.69) is 41.5 Å². The predicted octanol–water partition coefficient (Wildman–Crippen LogP) is 6.47. The fourth-order valence-electron chi connectivity index (χ4n) is 4.72. The molecule has 1 aliphatic rings. The minimum Gasteiger partial charge on any atom is -0.507 e. The highest BCUT2D eigenvalue weighted by Gasteiger charge is 2.34. The van der Waals surface area contributed by atoms with E-state index in [4.69, 9.17) is 28.4 Å². The van der Waals surface area contributed by atoms with E-state index in [1.165, 1.54) is 4.90 Å². The summed E-state index contributed by atoms with van der Waals surface area (Å²) in [4.78, 5) is 5.99. The summed E-state index contributed by atoms with van der Waals surface area (Å²) in [5.74, 6) is 2.37. The molecule has 8 heteroatoms. The highest BCUT2D eigenvalue weighted by atomic mass is 32.2. The lowest BCUT2D eigenvalue weighted by atomic mass is 9.86. The molecular weight excluding hydrogens is 512 g/mol. The predicted molar refractivity (Wildman–Crippen MR) is 163 cm³/mol. The Balaban J connectivity index is 1.28. The summed E-state index contributed by atoms with van der Waals surface area (Å²) in [6, 6.07) is 16.1. The maximum atomic E-state index is 10.4. The Morgan fingerprint density at radius 3 is 2.39 bits per heavy atom. The summed E-state index contributed by atoms with van der Waals surface area (Å²) >= 11 is 7.39. The van der Waals surface area contributed by atoms with Crippen LogP contribution >= 0.6 is 24.0 Å². The number of nitrogens with two attached hydrogens (primary N) is 2. The minimum absolute atomic E-state index is 0.0426. The average molecular weight is 549 g/mol. The zero-order valence-electron chi connectivity index (χ0n) is 22.4. The van der Waals surface area contributed by atoms with Crippen molar-refractivity contribution in [3.8, 4) is 11.5 Å². The summed E-state index contributed by atoms with van der Waals surface area (Å²) in [7, 11) is 0. The molecule has 0 radical (unpaired) electrons. The summed E-state index contributed by atoms with van der Waals surface area (Å²) in [6.07, 6.45) is 3.45. The van der Waals surface area contributed by atoms with Gasteiger partial charge < -0.3 is 26.6 Å². The Hall–Kier alpha value is -3.23. The van der Waals surface area contributed by atoms with Crippen LogP contribution in [0.3, 0.4) is 0 Å². The van der Waals surface area contributed by atoms with Crippen LogP contribution < -0.4 is 21.5 Å². The lowest BCUT2D eigenvalue weighted by molar-refractivity contribution is 0.0610. The van der Waals surface area contributed by atoms with Crippen molar-refractivity contribution < 1.29 is 9.84 Å². The van der Waals surface area contributed by atoms with E-state index in [9.17, 15) is 5.11 Å². The van der Waals surface area contributed by atoms with E-state index >= 15 is 0 Å². The molecule has 3 aromatic carbocycles. The van der Waals surface area contributed by atoms with Crippen LogP contribution in [0.25, 0.3) is 0 Å². The maximum Gasteiger partial charge on any atom is 0.191 e. The summed E-state index contributed by atoms with van der Waals surface area (Å²) in [6.45, 7) is 8.19. The van der Waals surface area contributed by atoms with Crippen LogP contribution in [0.5, 0.6) is 11.5 Å². The number of ether oxygens (including phenoxy) is 1. The van der Waals surface area contributed by atoms with E-state index in [0.29, 0.717) is 12.2 Å². The van der Waals surface area contributed by atoms with Crippen molar-refractivity contribution in [2.45, 2.75) is 63.9 Å². The number of rotatable bonds is 8. The molecule has 1 aliphatic heterocycles. The summed E-state index contributed by atoms with van der Waals surface area (Å²) < 4.78 is 6.57. The standard InChI is InChI=1S/C30H36N4O2S2/c1-18-19(2)28-25(20(3)27(18)35)13-14-30(4,36-28)15-16-38-24-11-9-22(10-12-24)33-26(37)17-21-5-7-23(8-6-21)34-29(31)32/h5-12,35H,13-17H2,1-4H3,(H,33,37)(H4,31,32,34). The number of phenols is 1. The molecule has 1 atom stereocenters. The lowest BCUT2D eigenvalue weighted by Gasteiger charge is -2.38. The van der Waals surface area contributed by atoms with Crippen LogP contribution in [0.4, 0.5) is 11.4 Å². The third kappa shape index (κ3) is 6.60. The molecule has 3 aromatic rings. The summed E-state index contributed by atoms with van der Waals surface area (Å²) in [5, 5.41) is 13.7. The third-order valence-corrected chi connectivity index (χ3v) is 8.45. The molecule has 1 unspecified atom stereocenters. The molecule has 6 N–H and O–H groups in total. The zero-order valence-corrected chi connectivity index (χ0v) is 24.1. The second-order valence-electron chi connectivity index (χ2n) is 10.1. The summed E-state index contributed by atoms with van der Waals surface area (Å²) in [5.41, 5.74) is 17.5. The molecular formula is C30H36N4O2S2. The molecule has 0 fully saturated rings. The first-order chi connectivity index (χ1) is 18.0. The van der Waals surface area contributed by atoms with Crippen molar-refractivity contribution in [3.05, 3.63) is 76.3 Å². The van der Waals surface area contributed by atoms with Crippen molar-refractivity contribution in [1.82, 2.24) is 0 Å². The van der Waals surface area contributed by atoms with Gasteiger partial charge in [0.25, 0.3) is 0 Å². The van der Waals surface area contributed by atoms with Gasteiger partial charge in [0.15, 0.2) is 5.96 Å². The van der Waals surface area contributed by atoms with E-state index in [-0.39, 0.29) is 11.6 Å². The fraction of sp³-hybridized carbons (Fsp3) is 0.333. The van der Waals surface area contributed by atoms with Gasteiger partial charge >= 0.3 is 0 Å². The number of nitrogens with zero attached hydrogens (tertiary/aromatic N) is 1. The molecule has 200 valence electrons. The van der Waals surface area contributed by atoms with Crippen molar-refractivity contribution in [2.24, 2.45) is 16.5 Å². The number of thioether (sulfide) groups is 1. The monoisotopic (exact) mass is 548 g/mol. The van der Waals surface area contributed by atoms with Crippen LogP contribution in [0.2, 0.25) is 0 Å². The highest BCUT2D eigenvalue weighted by molar-refractivity contribution is 7.99. The average Bonchev–Trinajstić information content (AvgIpc) is 2.88. The Labute approximate surface area is 234 Å². The van der Waals surface area contributed by atoms with Gasteiger partial charge in [-0.15, -0.1) is 11.8 Å². The number of aromatic hydroxyl groups is 1. The molecule has 0 saturated carbocycles. The van der Waals surface area contributed by atoms with Gasteiger partial charge in [-0.3, -0.25) is 0 Å². The quantitative estimate of drug-likeness (QED) is 0.111. The number of hydrogen-bond acceptors (Lipinski definition) is 5. The number of thiocarbonyl (C=S) groups is 1. The first-order valence-corrected chi connectivity index (χ1v) is 14.2. The van der Waals surface area contributed by atoms with Crippen molar-refractivity contribution in [2.75, 3.05) is 11.1 Å². The number of anilines is 1. The van der Waals surface area contributed by atoms with Crippen molar-refractivity contribution >= 4 is 46.3 Å². The second-order valence-corrected chi connectivity index (χ2v) is 11.8. The number of guanidine groups is 1. The van der Waals surface area contributed by atoms with Crippen LogP contribution in [0.15, 0.2) is 58.4 Å². The Morgan fingerprint density at radius 1 is 1.05 bits per heavy atom. The molecule has 1 heterocycles. The Morgan fingerprint density at radius 2 is 1.74 bits per heavy atom. The van der Waals surface area contributed by atoms with Gasteiger partial charge in [0.05, 0.1) is 10.7 Å². The first kappa shape index (κ1) is 27.8. The molecule has 0 aromatic heterocycles. The smallest absolute Gasteiger partial charge is 0.191 e. The third-order valence-electron chi connectivity index (χ3n) is 7.19.